The summed E-state index contributed by atoms with van der Waals surface area (Å²) in [5, 5.41) is 10.8. The Morgan fingerprint density at radius 3 is 2.46 bits per heavy atom. The van der Waals surface area contributed by atoms with Gasteiger partial charge in [-0.2, -0.15) is 0 Å². The van der Waals surface area contributed by atoms with Crippen molar-refractivity contribution in [2.75, 3.05) is 13.1 Å². The lowest BCUT2D eigenvalue weighted by Gasteiger charge is -2.34. The first-order valence-corrected chi connectivity index (χ1v) is 8.27. The standard InChI is InChI=1S/C18H18ClFN2O2/c19-16-6-3-14(11-21-16)18(24)22-9-7-13(8-10-22)17(23)12-1-4-15(20)5-2-12/h1-6,11,13,17,23H,7-10H2. The van der Waals surface area contributed by atoms with E-state index in [-0.39, 0.29) is 17.6 Å². The van der Waals surface area contributed by atoms with Gasteiger partial charge in [0.05, 0.1) is 11.7 Å². The third kappa shape index (κ3) is 3.74. The van der Waals surface area contributed by atoms with Crippen LogP contribution in [0.3, 0.4) is 0 Å². The molecule has 2 aromatic rings. The van der Waals surface area contributed by atoms with Crippen molar-refractivity contribution in [3.05, 3.63) is 64.7 Å². The van der Waals surface area contributed by atoms with Crippen molar-refractivity contribution in [2.24, 2.45) is 5.92 Å². The second-order valence-electron chi connectivity index (χ2n) is 6.00. The van der Waals surface area contributed by atoms with Crippen LogP contribution in [0.25, 0.3) is 0 Å². The van der Waals surface area contributed by atoms with Gasteiger partial charge in [-0.1, -0.05) is 23.7 Å². The summed E-state index contributed by atoms with van der Waals surface area (Å²) in [5.74, 6) is -0.334. The Balaban J connectivity index is 1.60. The molecule has 1 unspecified atom stereocenters. The summed E-state index contributed by atoms with van der Waals surface area (Å²) in [6.07, 6.45) is 2.24. The molecule has 4 nitrogen and oxygen atoms in total. The van der Waals surface area contributed by atoms with E-state index in [0.29, 0.717) is 42.2 Å². The van der Waals surface area contributed by atoms with Crippen molar-refractivity contribution >= 4 is 17.5 Å². The molecule has 1 aliphatic rings. The minimum absolute atomic E-state index is 0.0582. The van der Waals surface area contributed by atoms with Crippen LogP contribution >= 0.6 is 11.6 Å². The van der Waals surface area contributed by atoms with E-state index in [1.165, 1.54) is 18.3 Å². The maximum Gasteiger partial charge on any atom is 0.255 e. The molecule has 1 amide bonds. The number of aromatic nitrogens is 1. The van der Waals surface area contributed by atoms with Crippen LogP contribution in [0, 0.1) is 11.7 Å². The number of benzene rings is 1. The fourth-order valence-corrected chi connectivity index (χ4v) is 3.15. The summed E-state index contributed by atoms with van der Waals surface area (Å²) in [6, 6.07) is 9.18. The Kier molecular flexibility index (Phi) is 5.11. The lowest BCUT2D eigenvalue weighted by Crippen LogP contribution is -2.39. The Bertz CT molecular complexity index is 698. The molecule has 2 heterocycles. The SMILES string of the molecule is O=C(c1ccc(Cl)nc1)N1CCC(C(O)c2ccc(F)cc2)CC1. The molecule has 0 bridgehead atoms. The first kappa shape index (κ1) is 16.9. The summed E-state index contributed by atoms with van der Waals surface area (Å²) in [7, 11) is 0. The Morgan fingerprint density at radius 1 is 1.21 bits per heavy atom. The number of carbonyl (C=O) groups excluding carboxylic acids is 1. The van der Waals surface area contributed by atoms with Gasteiger partial charge in [0.15, 0.2) is 0 Å². The molecule has 0 saturated carbocycles. The van der Waals surface area contributed by atoms with E-state index in [0.717, 1.165) is 0 Å². The van der Waals surface area contributed by atoms with Crippen LogP contribution < -0.4 is 0 Å². The lowest BCUT2D eigenvalue weighted by atomic mass is 9.87. The molecule has 3 rings (SSSR count). The highest BCUT2D eigenvalue weighted by Crippen LogP contribution is 2.31. The number of amides is 1. The molecule has 126 valence electrons. The minimum atomic E-state index is -0.639. The number of piperidine rings is 1. The molecule has 1 fully saturated rings. The number of halogens is 2. The Labute approximate surface area is 144 Å². The van der Waals surface area contributed by atoms with Crippen LogP contribution in [0.4, 0.5) is 4.39 Å². The third-order valence-corrected chi connectivity index (χ3v) is 4.68. The number of pyridine rings is 1. The highest BCUT2D eigenvalue weighted by molar-refractivity contribution is 6.29. The van der Waals surface area contributed by atoms with Crippen molar-refractivity contribution in [1.29, 1.82) is 0 Å². The maximum atomic E-state index is 13.0. The number of rotatable bonds is 3. The summed E-state index contributed by atoms with van der Waals surface area (Å²) in [4.78, 5) is 18.1. The molecule has 24 heavy (non-hydrogen) atoms. The number of hydrogen-bond acceptors (Lipinski definition) is 3. The molecule has 0 spiro atoms. The second-order valence-corrected chi connectivity index (χ2v) is 6.38. The van der Waals surface area contributed by atoms with E-state index in [9.17, 15) is 14.3 Å². The Morgan fingerprint density at radius 2 is 1.88 bits per heavy atom. The quantitative estimate of drug-likeness (QED) is 0.864. The van der Waals surface area contributed by atoms with Crippen molar-refractivity contribution in [3.63, 3.8) is 0 Å². The van der Waals surface area contributed by atoms with E-state index in [4.69, 9.17) is 11.6 Å². The van der Waals surface area contributed by atoms with Crippen LogP contribution in [0.5, 0.6) is 0 Å². The van der Waals surface area contributed by atoms with E-state index in [1.54, 1.807) is 29.2 Å². The van der Waals surface area contributed by atoms with E-state index >= 15 is 0 Å². The van der Waals surface area contributed by atoms with E-state index in [2.05, 4.69) is 4.98 Å². The van der Waals surface area contributed by atoms with Crippen LogP contribution in [0.1, 0.15) is 34.9 Å². The molecule has 1 aromatic carbocycles. The van der Waals surface area contributed by atoms with Gasteiger partial charge >= 0.3 is 0 Å². The van der Waals surface area contributed by atoms with Gasteiger partial charge in [-0.05, 0) is 48.6 Å². The first-order chi connectivity index (χ1) is 11.5. The number of likely N-dealkylation sites (tertiary alicyclic amines) is 1. The van der Waals surface area contributed by atoms with Gasteiger partial charge in [0.2, 0.25) is 0 Å². The zero-order valence-electron chi connectivity index (χ0n) is 13.0. The van der Waals surface area contributed by atoms with Gasteiger partial charge in [-0.25, -0.2) is 9.37 Å². The van der Waals surface area contributed by atoms with Crippen LogP contribution in [-0.4, -0.2) is 34.0 Å². The summed E-state index contributed by atoms with van der Waals surface area (Å²) in [5.41, 5.74) is 1.22. The zero-order chi connectivity index (χ0) is 17.1. The first-order valence-electron chi connectivity index (χ1n) is 7.89. The molecular weight excluding hydrogens is 331 g/mol. The molecule has 6 heteroatoms. The van der Waals surface area contributed by atoms with E-state index in [1.807, 2.05) is 0 Å². The number of aliphatic hydroxyl groups excluding tert-OH is 1. The van der Waals surface area contributed by atoms with Crippen molar-refractivity contribution < 1.29 is 14.3 Å². The third-order valence-electron chi connectivity index (χ3n) is 4.46. The molecule has 0 aliphatic carbocycles. The van der Waals surface area contributed by atoms with Crippen LogP contribution in [-0.2, 0) is 0 Å². The fourth-order valence-electron chi connectivity index (χ4n) is 3.04. The molecular formula is C18H18ClFN2O2. The summed E-state index contributed by atoms with van der Waals surface area (Å²) < 4.78 is 13.0. The number of hydrogen-bond donors (Lipinski definition) is 1. The second kappa shape index (κ2) is 7.28. The van der Waals surface area contributed by atoms with Gasteiger partial charge in [-0.15, -0.1) is 0 Å². The average molecular weight is 349 g/mol. The fraction of sp³-hybridized carbons (Fsp3) is 0.333. The van der Waals surface area contributed by atoms with Gasteiger partial charge < -0.3 is 10.0 Å². The van der Waals surface area contributed by atoms with E-state index < -0.39 is 6.10 Å². The molecule has 0 radical (unpaired) electrons. The normalized spacial score (nSPS) is 16.9. The Hall–Kier alpha value is -1.98. The van der Waals surface area contributed by atoms with Gasteiger partial charge in [0.25, 0.3) is 5.91 Å². The van der Waals surface area contributed by atoms with Gasteiger partial charge in [0, 0.05) is 19.3 Å². The molecule has 1 saturated heterocycles. The lowest BCUT2D eigenvalue weighted by molar-refractivity contribution is 0.0462. The largest absolute Gasteiger partial charge is 0.388 e. The van der Waals surface area contributed by atoms with Crippen molar-refractivity contribution in [1.82, 2.24) is 9.88 Å². The summed E-state index contributed by atoms with van der Waals surface area (Å²) in [6.45, 7) is 1.15. The topological polar surface area (TPSA) is 53.4 Å². The molecule has 1 N–H and O–H groups in total. The number of carbonyl (C=O) groups is 1. The van der Waals surface area contributed by atoms with Crippen molar-refractivity contribution in [3.8, 4) is 0 Å². The molecule has 1 aromatic heterocycles. The maximum absolute atomic E-state index is 13.0. The van der Waals surface area contributed by atoms with Crippen LogP contribution in [0.2, 0.25) is 5.15 Å². The zero-order valence-corrected chi connectivity index (χ0v) is 13.8. The number of nitrogens with zero attached hydrogens (tertiary/aromatic N) is 2. The average Bonchev–Trinajstić information content (AvgIpc) is 2.62. The predicted octanol–water partition coefficient (Wildman–Crippen LogP) is 3.46. The minimum Gasteiger partial charge on any atom is -0.388 e. The highest BCUT2D eigenvalue weighted by Gasteiger charge is 2.28. The van der Waals surface area contributed by atoms with Gasteiger partial charge in [0.1, 0.15) is 11.0 Å². The monoisotopic (exact) mass is 348 g/mol. The summed E-state index contributed by atoms with van der Waals surface area (Å²) >= 11 is 5.74. The molecule has 1 aliphatic heterocycles. The predicted molar refractivity (Wildman–Crippen MR) is 89.2 cm³/mol. The van der Waals surface area contributed by atoms with Crippen molar-refractivity contribution in [2.45, 2.75) is 18.9 Å². The van der Waals surface area contributed by atoms with Gasteiger partial charge in [-0.3, -0.25) is 4.79 Å². The molecule has 1 atom stereocenters. The highest BCUT2D eigenvalue weighted by atomic mass is 35.5. The smallest absolute Gasteiger partial charge is 0.255 e. The van der Waals surface area contributed by atoms with Crippen LogP contribution in [0.15, 0.2) is 42.6 Å². The number of aliphatic hydroxyl groups is 1.